The van der Waals surface area contributed by atoms with Gasteiger partial charge in [0.15, 0.2) is 0 Å². The van der Waals surface area contributed by atoms with Crippen molar-refractivity contribution in [1.82, 2.24) is 9.97 Å². The van der Waals surface area contributed by atoms with Crippen molar-refractivity contribution in [1.29, 1.82) is 0 Å². The molecule has 0 aliphatic rings. The number of hydrogen-bond acceptors (Lipinski definition) is 4. The van der Waals surface area contributed by atoms with Crippen LogP contribution in [0, 0.1) is 9.85 Å². The molecule has 0 aliphatic carbocycles. The Kier molecular flexibility index (Phi) is 4.93. The highest BCUT2D eigenvalue weighted by molar-refractivity contribution is 14.1. The number of halogens is 1. The Bertz CT molecular complexity index is 309. The van der Waals surface area contributed by atoms with Crippen LogP contribution in [0.15, 0.2) is 18.5 Å². The second-order valence-electron chi connectivity index (χ2n) is 1.96. The highest BCUT2D eigenvalue weighted by Crippen LogP contribution is 2.10. The first-order valence-electron chi connectivity index (χ1n) is 3.44. The van der Waals surface area contributed by atoms with Crippen LogP contribution in [0.2, 0.25) is 0 Å². The van der Waals surface area contributed by atoms with E-state index in [0.29, 0.717) is 6.01 Å². The molecule has 1 atom stereocenters. The third kappa shape index (κ3) is 3.83. The summed E-state index contributed by atoms with van der Waals surface area (Å²) in [6.07, 6.45) is 5.20. The summed E-state index contributed by atoms with van der Waals surface area (Å²) in [4.78, 5) is 7.86. The van der Waals surface area contributed by atoms with Crippen molar-refractivity contribution in [3.63, 3.8) is 0 Å². The van der Waals surface area contributed by atoms with Gasteiger partial charge >= 0.3 is 6.01 Å². The van der Waals surface area contributed by atoms with Crippen molar-refractivity contribution >= 4 is 34.4 Å². The van der Waals surface area contributed by atoms with Crippen molar-refractivity contribution in [2.24, 2.45) is 0 Å². The Balaban J connectivity index is 2.60. The third-order valence-electron chi connectivity index (χ3n) is 1.14. The van der Waals surface area contributed by atoms with E-state index < -0.39 is 0 Å². The fourth-order valence-corrected chi connectivity index (χ4v) is 1.48. The fourth-order valence-electron chi connectivity index (χ4n) is 0.623. The minimum atomic E-state index is -0.195. The van der Waals surface area contributed by atoms with Gasteiger partial charge in [-0.15, -0.1) is 11.8 Å². The molecule has 13 heavy (non-hydrogen) atoms. The molecule has 0 saturated heterocycles. The molecule has 1 aromatic rings. The van der Waals surface area contributed by atoms with Crippen LogP contribution in [0.4, 0.5) is 0 Å². The Hall–Kier alpha value is -0.480. The lowest BCUT2D eigenvalue weighted by atomic mass is 10.7. The molecule has 0 saturated carbocycles. The average Bonchev–Trinajstić information content (AvgIpc) is 2.19. The first-order chi connectivity index (χ1) is 6.36. The van der Waals surface area contributed by atoms with Gasteiger partial charge in [-0.2, -0.15) is 0 Å². The van der Waals surface area contributed by atoms with Gasteiger partial charge in [-0.05, 0) is 22.2 Å². The van der Waals surface area contributed by atoms with Crippen LogP contribution in [0.5, 0.6) is 6.01 Å². The maximum atomic E-state index is 5.37. The number of rotatable bonds is 3. The van der Waals surface area contributed by atoms with E-state index in [1.165, 1.54) is 11.8 Å². The quantitative estimate of drug-likeness (QED) is 0.486. The molecular weight excluding hydrogens is 299 g/mol. The maximum Gasteiger partial charge on any atom is 0.318 e. The number of aromatic nitrogens is 2. The predicted molar refractivity (Wildman–Crippen MR) is 61.8 cm³/mol. The first-order valence-corrected chi connectivity index (χ1v) is 5.81. The standard InChI is InChI=1S/C8H7IN2OS/c1-13-7(3-4-9)12-8-10-5-2-6-11-8/h2,5-7H,1H3. The van der Waals surface area contributed by atoms with Crippen molar-refractivity contribution < 1.29 is 4.74 Å². The first kappa shape index (κ1) is 10.6. The van der Waals surface area contributed by atoms with E-state index in [1.807, 2.05) is 28.8 Å². The molecule has 0 fully saturated rings. The zero-order valence-electron chi connectivity index (χ0n) is 6.90. The normalized spacial score (nSPS) is 11.2. The second kappa shape index (κ2) is 6.05. The van der Waals surface area contributed by atoms with E-state index >= 15 is 0 Å². The van der Waals surface area contributed by atoms with E-state index in [4.69, 9.17) is 4.74 Å². The van der Waals surface area contributed by atoms with Gasteiger partial charge in [0, 0.05) is 35.0 Å². The lowest BCUT2D eigenvalue weighted by molar-refractivity contribution is 0.312. The van der Waals surface area contributed by atoms with Gasteiger partial charge < -0.3 is 4.74 Å². The SMILES string of the molecule is CSC(C#CI)Oc1ncccn1. The van der Waals surface area contributed by atoms with E-state index in [-0.39, 0.29) is 5.44 Å². The highest BCUT2D eigenvalue weighted by atomic mass is 127. The third-order valence-corrected chi connectivity index (χ3v) is 2.09. The second-order valence-corrected chi connectivity index (χ2v) is 3.39. The minimum absolute atomic E-state index is 0.195. The van der Waals surface area contributed by atoms with Crippen molar-refractivity contribution in [3.8, 4) is 15.9 Å². The molecule has 0 spiro atoms. The molecule has 0 aromatic carbocycles. The molecule has 0 N–H and O–H groups in total. The molecule has 0 bridgehead atoms. The molecular formula is C8H7IN2OS. The van der Waals surface area contributed by atoms with Gasteiger partial charge in [-0.1, -0.05) is 0 Å². The van der Waals surface area contributed by atoms with Crippen LogP contribution in [0.3, 0.4) is 0 Å². The van der Waals surface area contributed by atoms with E-state index in [0.717, 1.165) is 0 Å². The van der Waals surface area contributed by atoms with Crippen LogP contribution in [0.1, 0.15) is 0 Å². The maximum absolute atomic E-state index is 5.37. The largest absolute Gasteiger partial charge is 0.437 e. The van der Waals surface area contributed by atoms with Crippen molar-refractivity contribution in [2.75, 3.05) is 6.26 Å². The monoisotopic (exact) mass is 306 g/mol. The van der Waals surface area contributed by atoms with Gasteiger partial charge in [0.2, 0.25) is 5.44 Å². The van der Waals surface area contributed by atoms with Gasteiger partial charge in [0.1, 0.15) is 0 Å². The zero-order valence-corrected chi connectivity index (χ0v) is 9.87. The molecule has 0 aliphatic heterocycles. The summed E-state index contributed by atoms with van der Waals surface area (Å²) in [6, 6.07) is 2.10. The van der Waals surface area contributed by atoms with Crippen LogP contribution in [0.25, 0.3) is 0 Å². The summed E-state index contributed by atoms with van der Waals surface area (Å²) in [5.41, 5.74) is -0.195. The van der Waals surface area contributed by atoms with E-state index in [2.05, 4.69) is 19.8 Å². The van der Waals surface area contributed by atoms with Crippen molar-refractivity contribution in [2.45, 2.75) is 5.44 Å². The van der Waals surface area contributed by atoms with Gasteiger partial charge in [0.05, 0.1) is 0 Å². The molecule has 5 heteroatoms. The Morgan fingerprint density at radius 3 is 2.77 bits per heavy atom. The summed E-state index contributed by atoms with van der Waals surface area (Å²) < 4.78 is 8.12. The molecule has 1 aromatic heterocycles. The summed E-state index contributed by atoms with van der Waals surface area (Å²) in [6.45, 7) is 0. The zero-order chi connectivity index (χ0) is 9.52. The predicted octanol–water partition coefficient (Wildman–Crippen LogP) is 1.94. The van der Waals surface area contributed by atoms with Gasteiger partial charge in [0.25, 0.3) is 0 Å². The molecule has 0 radical (unpaired) electrons. The van der Waals surface area contributed by atoms with Crippen LogP contribution in [-0.4, -0.2) is 21.7 Å². The van der Waals surface area contributed by atoms with E-state index in [1.54, 1.807) is 18.5 Å². The number of hydrogen-bond donors (Lipinski definition) is 0. The topological polar surface area (TPSA) is 35.0 Å². The van der Waals surface area contributed by atoms with Crippen LogP contribution >= 0.6 is 34.4 Å². The Morgan fingerprint density at radius 1 is 1.54 bits per heavy atom. The van der Waals surface area contributed by atoms with Gasteiger partial charge in [-0.3, -0.25) is 0 Å². The average molecular weight is 306 g/mol. The summed E-state index contributed by atoms with van der Waals surface area (Å²) >= 11 is 3.48. The number of nitrogens with zero attached hydrogens (tertiary/aromatic N) is 2. The molecule has 1 heterocycles. The summed E-state index contributed by atoms with van der Waals surface area (Å²) in [7, 11) is 0. The molecule has 0 amide bonds. The van der Waals surface area contributed by atoms with E-state index in [9.17, 15) is 0 Å². The highest BCUT2D eigenvalue weighted by Gasteiger charge is 2.05. The fraction of sp³-hybridized carbons (Fsp3) is 0.250. The smallest absolute Gasteiger partial charge is 0.318 e. The number of thioether (sulfide) groups is 1. The van der Waals surface area contributed by atoms with Crippen LogP contribution < -0.4 is 4.74 Å². The lowest BCUT2D eigenvalue weighted by Crippen LogP contribution is -2.10. The minimum Gasteiger partial charge on any atom is -0.437 e. The molecule has 1 unspecified atom stereocenters. The molecule has 3 nitrogen and oxygen atoms in total. The molecule has 68 valence electrons. The summed E-state index contributed by atoms with van der Waals surface area (Å²) in [5.74, 6) is 2.88. The van der Waals surface area contributed by atoms with Crippen molar-refractivity contribution in [3.05, 3.63) is 18.5 Å². The van der Waals surface area contributed by atoms with Crippen LogP contribution in [-0.2, 0) is 0 Å². The lowest BCUT2D eigenvalue weighted by Gasteiger charge is -2.07. The molecule has 1 rings (SSSR count). The Morgan fingerprint density at radius 2 is 2.23 bits per heavy atom. The van der Waals surface area contributed by atoms with Gasteiger partial charge in [-0.25, -0.2) is 9.97 Å². The summed E-state index contributed by atoms with van der Waals surface area (Å²) in [5, 5.41) is 0. The Labute approximate surface area is 94.8 Å². The number of ether oxygens (including phenoxy) is 1.